The minimum atomic E-state index is -0.772. The molecule has 1 aromatic rings. The van der Waals surface area contributed by atoms with Gasteiger partial charge in [0.2, 0.25) is 11.9 Å². The van der Waals surface area contributed by atoms with Crippen LogP contribution in [-0.4, -0.2) is 62.6 Å². The van der Waals surface area contributed by atoms with Crippen LogP contribution in [0.3, 0.4) is 0 Å². The van der Waals surface area contributed by atoms with Crippen molar-refractivity contribution in [3.63, 3.8) is 0 Å². The lowest BCUT2D eigenvalue weighted by Crippen LogP contribution is -2.47. The number of carbonyl (C=O) groups is 3. The van der Waals surface area contributed by atoms with Crippen LogP contribution in [0.1, 0.15) is 53.5 Å². The van der Waals surface area contributed by atoms with Crippen molar-refractivity contribution in [3.8, 4) is 11.5 Å². The highest BCUT2D eigenvalue weighted by Crippen LogP contribution is 2.27. The van der Waals surface area contributed by atoms with Gasteiger partial charge in [-0.3, -0.25) is 20.4 Å². The number of nitrogens with zero attached hydrogens (tertiary/aromatic N) is 1. The summed E-state index contributed by atoms with van der Waals surface area (Å²) in [6.07, 6.45) is 1.97. The topological polar surface area (TPSA) is 137 Å². The van der Waals surface area contributed by atoms with E-state index in [1.807, 2.05) is 0 Å². The highest BCUT2D eigenvalue weighted by molar-refractivity contribution is 6.01. The molecule has 1 rings (SSSR count). The van der Waals surface area contributed by atoms with E-state index in [-0.39, 0.29) is 18.4 Å². The molecule has 0 aliphatic carbocycles. The Balaban J connectivity index is 2.63. The molecule has 0 aliphatic heterocycles. The number of guanidine groups is 1. The summed E-state index contributed by atoms with van der Waals surface area (Å²) >= 11 is 0. The number of alkyl carbamates (subject to hydrolysis) is 2. The van der Waals surface area contributed by atoms with Crippen LogP contribution in [0.25, 0.3) is 6.08 Å². The van der Waals surface area contributed by atoms with Gasteiger partial charge in [0.05, 0.1) is 14.2 Å². The first-order valence-corrected chi connectivity index (χ1v) is 11.4. The zero-order chi connectivity index (χ0) is 27.4. The summed E-state index contributed by atoms with van der Waals surface area (Å²) in [4.78, 5) is 40.5. The first-order chi connectivity index (χ1) is 16.7. The molecule has 0 atom stereocenters. The Kier molecular flexibility index (Phi) is 11.7. The molecule has 0 aromatic heterocycles. The lowest BCUT2D eigenvalue weighted by molar-refractivity contribution is -0.116. The molecule has 11 nitrogen and oxygen atoms in total. The molecule has 0 fully saturated rings. The van der Waals surface area contributed by atoms with E-state index in [2.05, 4.69) is 20.9 Å². The molecule has 36 heavy (non-hydrogen) atoms. The van der Waals surface area contributed by atoms with Crippen molar-refractivity contribution >= 4 is 30.1 Å². The first-order valence-electron chi connectivity index (χ1n) is 11.4. The van der Waals surface area contributed by atoms with Crippen LogP contribution >= 0.6 is 0 Å². The summed E-state index contributed by atoms with van der Waals surface area (Å²) in [5.74, 6) is 0.765. The smallest absolute Gasteiger partial charge is 0.414 e. The Bertz CT molecular complexity index is 928. The van der Waals surface area contributed by atoms with Crippen molar-refractivity contribution in [2.24, 2.45) is 4.99 Å². The molecule has 0 bridgehead atoms. The van der Waals surface area contributed by atoms with E-state index in [0.717, 1.165) is 5.56 Å². The van der Waals surface area contributed by atoms with E-state index >= 15 is 0 Å². The lowest BCUT2D eigenvalue weighted by atomic mass is 10.2. The highest BCUT2D eigenvalue weighted by Gasteiger charge is 2.21. The minimum absolute atomic E-state index is 0.113. The maximum atomic E-state index is 12.1. The second kappa shape index (κ2) is 14.0. The van der Waals surface area contributed by atoms with Gasteiger partial charge in [0, 0.05) is 19.2 Å². The van der Waals surface area contributed by atoms with Crippen molar-refractivity contribution < 1.29 is 33.3 Å². The Morgan fingerprint density at radius 2 is 1.44 bits per heavy atom. The van der Waals surface area contributed by atoms with Crippen molar-refractivity contribution in [2.75, 3.05) is 27.3 Å². The van der Waals surface area contributed by atoms with Gasteiger partial charge in [0.15, 0.2) is 11.5 Å². The molecule has 0 saturated carbocycles. The number of hydrogen-bond donors (Lipinski definition) is 3. The summed E-state index contributed by atoms with van der Waals surface area (Å²) in [7, 11) is 3.09. The first kappa shape index (κ1) is 30.3. The molecule has 1 aromatic carbocycles. The van der Waals surface area contributed by atoms with Crippen molar-refractivity contribution in [1.29, 1.82) is 0 Å². The zero-order valence-corrected chi connectivity index (χ0v) is 22.3. The zero-order valence-electron chi connectivity index (χ0n) is 22.3. The summed E-state index contributed by atoms with van der Waals surface area (Å²) in [6.45, 7) is 10.8. The Labute approximate surface area is 212 Å². The molecule has 0 saturated heterocycles. The molecule has 3 amide bonds. The number of amides is 3. The average Bonchev–Trinajstić information content (AvgIpc) is 2.74. The second-order valence-corrected chi connectivity index (χ2v) is 9.58. The molecule has 3 N–H and O–H groups in total. The van der Waals surface area contributed by atoms with E-state index in [1.54, 1.807) is 72.9 Å². The van der Waals surface area contributed by atoms with E-state index in [4.69, 9.17) is 18.9 Å². The molecule has 0 spiro atoms. The molecular formula is C25H38N4O7. The van der Waals surface area contributed by atoms with Gasteiger partial charge in [-0.1, -0.05) is 6.07 Å². The number of aliphatic imine (C=N–C) groups is 1. The van der Waals surface area contributed by atoms with Gasteiger partial charge in [0.25, 0.3) is 0 Å². The monoisotopic (exact) mass is 506 g/mol. The minimum Gasteiger partial charge on any atom is -0.493 e. The van der Waals surface area contributed by atoms with E-state index < -0.39 is 23.4 Å². The fourth-order valence-corrected chi connectivity index (χ4v) is 2.58. The molecule has 0 radical (unpaired) electrons. The molecule has 0 unspecified atom stereocenters. The molecule has 11 heteroatoms. The largest absolute Gasteiger partial charge is 0.493 e. The number of hydrogen-bond acceptors (Lipinski definition) is 8. The van der Waals surface area contributed by atoms with Crippen molar-refractivity contribution in [2.45, 2.75) is 59.2 Å². The van der Waals surface area contributed by atoms with E-state index in [1.165, 1.54) is 13.2 Å². The number of ether oxygens (including phenoxy) is 4. The van der Waals surface area contributed by atoms with E-state index in [0.29, 0.717) is 24.5 Å². The third-order valence-electron chi connectivity index (χ3n) is 3.98. The lowest BCUT2D eigenvalue weighted by Gasteiger charge is -2.22. The van der Waals surface area contributed by atoms with Crippen LogP contribution in [-0.2, 0) is 14.3 Å². The molecule has 0 aliphatic rings. The number of methoxy groups -OCH3 is 2. The van der Waals surface area contributed by atoms with Crippen LogP contribution in [0, 0.1) is 0 Å². The fraction of sp³-hybridized carbons (Fsp3) is 0.520. The van der Waals surface area contributed by atoms with Crippen LogP contribution in [0.15, 0.2) is 29.3 Å². The second-order valence-electron chi connectivity index (χ2n) is 9.58. The van der Waals surface area contributed by atoms with Gasteiger partial charge in [0.1, 0.15) is 11.2 Å². The van der Waals surface area contributed by atoms with Crippen molar-refractivity contribution in [3.05, 3.63) is 29.8 Å². The third-order valence-corrected chi connectivity index (χ3v) is 3.98. The van der Waals surface area contributed by atoms with Gasteiger partial charge in [-0.2, -0.15) is 0 Å². The average molecular weight is 507 g/mol. The third kappa shape index (κ3) is 13.2. The SMILES string of the molecule is COc1ccc(/C=C/C(=O)NCCCN=C(NC(=O)OC(C)(C)C)NC(=O)OC(C)(C)C)cc1OC. The van der Waals surface area contributed by atoms with E-state index in [9.17, 15) is 14.4 Å². The normalized spacial score (nSPS) is 11.3. The predicted molar refractivity (Wildman–Crippen MR) is 137 cm³/mol. The number of benzene rings is 1. The maximum absolute atomic E-state index is 12.1. The summed E-state index contributed by atoms with van der Waals surface area (Å²) < 4.78 is 20.8. The molecular weight excluding hydrogens is 468 g/mol. The van der Waals surface area contributed by atoms with Gasteiger partial charge in [-0.15, -0.1) is 0 Å². The summed E-state index contributed by atoms with van der Waals surface area (Å²) in [5, 5.41) is 7.56. The standard InChI is InChI=1S/C25H38N4O7/c1-24(2,3)35-22(31)28-21(29-23(32)36-25(4,5)6)27-15-9-14-26-20(30)13-11-17-10-12-18(33-7)19(16-17)34-8/h10-13,16H,9,14-15H2,1-8H3,(H,26,30)(H2,27,28,29,31,32)/b13-11+. The number of nitrogens with one attached hydrogen (secondary N) is 3. The Hall–Kier alpha value is -3.76. The van der Waals surface area contributed by atoms with Crippen LogP contribution < -0.4 is 25.4 Å². The molecule has 0 heterocycles. The highest BCUT2D eigenvalue weighted by atomic mass is 16.6. The fourth-order valence-electron chi connectivity index (χ4n) is 2.58. The van der Waals surface area contributed by atoms with Gasteiger partial charge in [-0.05, 0) is 71.7 Å². The number of carbonyl (C=O) groups excluding carboxylic acids is 3. The van der Waals surface area contributed by atoms with Crippen LogP contribution in [0.2, 0.25) is 0 Å². The van der Waals surface area contributed by atoms with Gasteiger partial charge < -0.3 is 24.3 Å². The van der Waals surface area contributed by atoms with Gasteiger partial charge >= 0.3 is 12.2 Å². The predicted octanol–water partition coefficient (Wildman–Crippen LogP) is 3.63. The maximum Gasteiger partial charge on any atom is 0.414 e. The Morgan fingerprint density at radius 1 is 0.889 bits per heavy atom. The quantitative estimate of drug-likeness (QED) is 0.212. The Morgan fingerprint density at radius 3 is 1.94 bits per heavy atom. The summed E-state index contributed by atoms with van der Waals surface area (Å²) in [6, 6.07) is 5.31. The molecule has 200 valence electrons. The summed E-state index contributed by atoms with van der Waals surface area (Å²) in [5.41, 5.74) is -0.676. The van der Waals surface area contributed by atoms with Crippen LogP contribution in [0.4, 0.5) is 9.59 Å². The van der Waals surface area contributed by atoms with Crippen molar-refractivity contribution in [1.82, 2.24) is 16.0 Å². The number of rotatable bonds is 8. The van der Waals surface area contributed by atoms with Crippen LogP contribution in [0.5, 0.6) is 11.5 Å². The van der Waals surface area contributed by atoms with Gasteiger partial charge in [-0.25, -0.2) is 9.59 Å².